The number of primary amides is 1. The van der Waals surface area contributed by atoms with Crippen molar-refractivity contribution in [1.82, 2.24) is 0 Å². The van der Waals surface area contributed by atoms with Crippen LogP contribution in [-0.4, -0.2) is 13.0 Å². The van der Waals surface area contributed by atoms with Crippen LogP contribution in [0.1, 0.15) is 28.9 Å². The zero-order valence-corrected chi connectivity index (χ0v) is 11.9. The van der Waals surface area contributed by atoms with Crippen LogP contribution in [0.15, 0.2) is 42.5 Å². The van der Waals surface area contributed by atoms with Crippen molar-refractivity contribution in [2.45, 2.75) is 13.0 Å². The number of halogens is 1. The summed E-state index contributed by atoms with van der Waals surface area (Å²) in [6, 6.07) is 11.1. The lowest BCUT2D eigenvalue weighted by Gasteiger charge is -2.19. The highest BCUT2D eigenvalue weighted by Gasteiger charge is 2.16. The predicted octanol–water partition coefficient (Wildman–Crippen LogP) is 3.11. The second-order valence-electron chi connectivity index (χ2n) is 4.67. The van der Waals surface area contributed by atoms with Crippen LogP contribution in [0.25, 0.3) is 0 Å². The second kappa shape index (κ2) is 6.26. The summed E-state index contributed by atoms with van der Waals surface area (Å²) in [5, 5.41) is 3.14. The van der Waals surface area contributed by atoms with Crippen LogP contribution in [0.2, 0.25) is 0 Å². The molecule has 1 amide bonds. The van der Waals surface area contributed by atoms with E-state index in [1.54, 1.807) is 36.4 Å². The van der Waals surface area contributed by atoms with Crippen molar-refractivity contribution >= 4 is 11.6 Å². The summed E-state index contributed by atoms with van der Waals surface area (Å²) in [4.78, 5) is 11.2. The topological polar surface area (TPSA) is 64.3 Å². The molecule has 0 fully saturated rings. The summed E-state index contributed by atoms with van der Waals surface area (Å²) in [6.07, 6.45) is 0. The number of rotatable bonds is 5. The zero-order valence-electron chi connectivity index (χ0n) is 11.9. The third kappa shape index (κ3) is 3.31. The minimum absolute atomic E-state index is 0.329. The van der Waals surface area contributed by atoms with Crippen LogP contribution in [0.5, 0.6) is 5.75 Å². The van der Waals surface area contributed by atoms with Crippen LogP contribution in [0.4, 0.5) is 10.1 Å². The maximum atomic E-state index is 14.0. The molecular weight excluding hydrogens is 271 g/mol. The fourth-order valence-corrected chi connectivity index (χ4v) is 2.20. The number of ether oxygens (including phenoxy) is 1. The molecule has 5 heteroatoms. The first-order valence-corrected chi connectivity index (χ1v) is 6.51. The molecule has 2 aromatic rings. The Morgan fingerprint density at radius 1 is 1.29 bits per heavy atom. The number of nitrogens with two attached hydrogens (primary N) is 1. The first-order chi connectivity index (χ1) is 10.0. The van der Waals surface area contributed by atoms with E-state index < -0.39 is 5.91 Å². The van der Waals surface area contributed by atoms with Crippen molar-refractivity contribution in [3.05, 3.63) is 59.4 Å². The van der Waals surface area contributed by atoms with Crippen LogP contribution >= 0.6 is 0 Å². The summed E-state index contributed by atoms with van der Waals surface area (Å²) >= 11 is 0. The van der Waals surface area contributed by atoms with Gasteiger partial charge < -0.3 is 15.8 Å². The fourth-order valence-electron chi connectivity index (χ4n) is 2.20. The maximum absolute atomic E-state index is 14.0. The molecule has 21 heavy (non-hydrogen) atoms. The predicted molar refractivity (Wildman–Crippen MR) is 79.9 cm³/mol. The molecule has 0 spiro atoms. The lowest BCUT2D eigenvalue weighted by molar-refractivity contribution is 0.100. The highest BCUT2D eigenvalue weighted by Crippen LogP contribution is 2.30. The van der Waals surface area contributed by atoms with Gasteiger partial charge in [0.1, 0.15) is 11.6 Å². The van der Waals surface area contributed by atoms with E-state index in [9.17, 15) is 9.18 Å². The molecule has 2 rings (SSSR count). The number of hydrogen-bond donors (Lipinski definition) is 2. The van der Waals surface area contributed by atoms with Crippen molar-refractivity contribution in [2.75, 3.05) is 12.4 Å². The molecular formula is C16H17FN2O2. The zero-order chi connectivity index (χ0) is 15.4. The summed E-state index contributed by atoms with van der Waals surface area (Å²) in [5.74, 6) is -0.378. The molecule has 0 saturated heterocycles. The molecule has 1 atom stereocenters. The quantitative estimate of drug-likeness (QED) is 0.888. The van der Waals surface area contributed by atoms with Crippen molar-refractivity contribution in [1.29, 1.82) is 0 Å². The van der Waals surface area contributed by atoms with Crippen LogP contribution in [0, 0.1) is 5.82 Å². The largest absolute Gasteiger partial charge is 0.496 e. The lowest BCUT2D eigenvalue weighted by Crippen LogP contribution is -2.13. The van der Waals surface area contributed by atoms with Crippen molar-refractivity contribution in [3.63, 3.8) is 0 Å². The average Bonchev–Trinajstić information content (AvgIpc) is 2.46. The van der Waals surface area contributed by atoms with Gasteiger partial charge in [-0.2, -0.15) is 0 Å². The molecule has 0 aliphatic rings. The Kier molecular flexibility index (Phi) is 4.42. The summed E-state index contributed by atoms with van der Waals surface area (Å²) < 4.78 is 19.2. The third-order valence-corrected chi connectivity index (χ3v) is 3.20. The minimum atomic E-state index is -0.505. The van der Waals surface area contributed by atoms with Gasteiger partial charge in [-0.25, -0.2) is 4.39 Å². The van der Waals surface area contributed by atoms with Gasteiger partial charge in [0, 0.05) is 11.3 Å². The van der Waals surface area contributed by atoms with Crippen LogP contribution < -0.4 is 15.8 Å². The van der Waals surface area contributed by atoms with Crippen molar-refractivity contribution < 1.29 is 13.9 Å². The highest BCUT2D eigenvalue weighted by molar-refractivity contribution is 5.93. The molecule has 0 heterocycles. The van der Waals surface area contributed by atoms with Crippen LogP contribution in [-0.2, 0) is 0 Å². The minimum Gasteiger partial charge on any atom is -0.496 e. The molecule has 0 aliphatic heterocycles. The number of anilines is 1. The van der Waals surface area contributed by atoms with Crippen LogP contribution in [0.3, 0.4) is 0 Å². The molecule has 110 valence electrons. The summed E-state index contributed by atoms with van der Waals surface area (Å²) in [5.41, 5.74) is 6.76. The van der Waals surface area contributed by atoms with E-state index in [4.69, 9.17) is 10.5 Å². The first kappa shape index (κ1) is 14.8. The fraction of sp³-hybridized carbons (Fsp3) is 0.188. The molecule has 1 unspecified atom stereocenters. The molecule has 0 saturated carbocycles. The Bertz CT molecular complexity index is 658. The average molecular weight is 288 g/mol. The molecule has 4 nitrogen and oxygen atoms in total. The van der Waals surface area contributed by atoms with E-state index in [2.05, 4.69) is 5.32 Å². The molecule has 0 radical (unpaired) electrons. The Balaban J connectivity index is 2.28. The number of benzene rings is 2. The Hall–Kier alpha value is -2.56. The van der Waals surface area contributed by atoms with E-state index in [1.165, 1.54) is 13.2 Å². The number of carbonyl (C=O) groups is 1. The monoisotopic (exact) mass is 288 g/mol. The third-order valence-electron chi connectivity index (χ3n) is 3.20. The van der Waals surface area contributed by atoms with Gasteiger partial charge in [0.15, 0.2) is 0 Å². The van der Waals surface area contributed by atoms with Gasteiger partial charge in [0.05, 0.1) is 18.7 Å². The number of hydrogen-bond acceptors (Lipinski definition) is 3. The van der Waals surface area contributed by atoms with Gasteiger partial charge in [-0.1, -0.05) is 12.1 Å². The number of carbonyl (C=O) groups excluding carboxylic acids is 1. The van der Waals surface area contributed by atoms with Gasteiger partial charge >= 0.3 is 0 Å². The van der Waals surface area contributed by atoms with E-state index in [0.29, 0.717) is 22.6 Å². The van der Waals surface area contributed by atoms with Gasteiger partial charge in [-0.05, 0) is 37.3 Å². The normalized spacial score (nSPS) is 11.8. The van der Waals surface area contributed by atoms with Gasteiger partial charge in [-0.3, -0.25) is 4.79 Å². The van der Waals surface area contributed by atoms with Crippen molar-refractivity contribution in [2.24, 2.45) is 5.73 Å². The van der Waals surface area contributed by atoms with Gasteiger partial charge in [0.25, 0.3) is 0 Å². The maximum Gasteiger partial charge on any atom is 0.248 e. The number of nitrogens with one attached hydrogen (secondary N) is 1. The molecule has 3 N–H and O–H groups in total. The van der Waals surface area contributed by atoms with Gasteiger partial charge in [0.2, 0.25) is 5.91 Å². The molecule has 0 aliphatic carbocycles. The van der Waals surface area contributed by atoms with Crippen molar-refractivity contribution in [3.8, 4) is 5.75 Å². The summed E-state index contributed by atoms with van der Waals surface area (Å²) in [6.45, 7) is 1.82. The first-order valence-electron chi connectivity index (χ1n) is 6.51. The summed E-state index contributed by atoms with van der Waals surface area (Å²) in [7, 11) is 1.50. The van der Waals surface area contributed by atoms with E-state index in [-0.39, 0.29) is 11.9 Å². The SMILES string of the molecule is COc1cccc(F)c1C(C)Nc1cccc(C(N)=O)c1. The van der Waals surface area contributed by atoms with E-state index >= 15 is 0 Å². The Labute approximate surface area is 122 Å². The molecule has 0 bridgehead atoms. The Morgan fingerprint density at radius 2 is 2.00 bits per heavy atom. The highest BCUT2D eigenvalue weighted by atomic mass is 19.1. The number of methoxy groups -OCH3 is 1. The smallest absolute Gasteiger partial charge is 0.248 e. The number of amides is 1. The molecule has 0 aromatic heterocycles. The van der Waals surface area contributed by atoms with E-state index in [0.717, 1.165) is 0 Å². The lowest BCUT2D eigenvalue weighted by atomic mass is 10.1. The Morgan fingerprint density at radius 3 is 2.67 bits per heavy atom. The second-order valence-corrected chi connectivity index (χ2v) is 4.67. The van der Waals surface area contributed by atoms with Gasteiger partial charge in [-0.15, -0.1) is 0 Å². The molecule has 2 aromatic carbocycles. The van der Waals surface area contributed by atoms with E-state index in [1.807, 2.05) is 6.92 Å². The standard InChI is InChI=1S/C16H17FN2O2/c1-10(15-13(17)7-4-8-14(15)21-2)19-12-6-3-5-11(9-12)16(18)20/h3-10,19H,1-2H3,(H2,18,20).